The second-order valence-corrected chi connectivity index (χ2v) is 6.82. The van der Waals surface area contributed by atoms with Crippen LogP contribution in [0.3, 0.4) is 0 Å². The van der Waals surface area contributed by atoms with Crippen molar-refractivity contribution >= 4 is 22.8 Å². The number of hydrogen-bond acceptors (Lipinski definition) is 4. The fourth-order valence-corrected chi connectivity index (χ4v) is 3.44. The Morgan fingerprint density at radius 3 is 2.93 bits per heavy atom. The highest BCUT2D eigenvalue weighted by molar-refractivity contribution is 5.98. The highest BCUT2D eigenvalue weighted by Gasteiger charge is 2.33. The average Bonchev–Trinajstić information content (AvgIpc) is 3.21. The minimum Gasteiger partial charge on any atom is -0.472 e. The molecule has 2 aromatic heterocycles. The van der Waals surface area contributed by atoms with E-state index in [-0.39, 0.29) is 11.9 Å². The number of hydrogen-bond donors (Lipinski definition) is 2. The van der Waals surface area contributed by atoms with E-state index < -0.39 is 6.04 Å². The average molecular weight is 376 g/mol. The van der Waals surface area contributed by atoms with Gasteiger partial charge in [0.05, 0.1) is 29.7 Å². The van der Waals surface area contributed by atoms with E-state index in [0.717, 1.165) is 22.0 Å². The van der Waals surface area contributed by atoms with Crippen LogP contribution in [0.25, 0.3) is 10.9 Å². The maximum absolute atomic E-state index is 13.2. The minimum absolute atomic E-state index is 0.164. The molecule has 3 heterocycles. The van der Waals surface area contributed by atoms with Gasteiger partial charge in [-0.25, -0.2) is 4.79 Å². The molecule has 7 heteroatoms. The molecule has 1 aliphatic rings. The first-order valence-electron chi connectivity index (χ1n) is 8.92. The van der Waals surface area contributed by atoms with Gasteiger partial charge in [-0.05, 0) is 36.8 Å². The number of benzene rings is 1. The van der Waals surface area contributed by atoms with Crippen molar-refractivity contribution in [3.8, 4) is 0 Å². The molecule has 3 amide bonds. The van der Waals surface area contributed by atoms with Crippen LogP contribution in [0.1, 0.15) is 24.1 Å². The predicted octanol–water partition coefficient (Wildman–Crippen LogP) is 3.11. The van der Waals surface area contributed by atoms with E-state index in [1.165, 1.54) is 12.5 Å². The van der Waals surface area contributed by atoms with Gasteiger partial charge >= 0.3 is 6.03 Å². The Morgan fingerprint density at radius 1 is 1.29 bits per heavy atom. The summed E-state index contributed by atoms with van der Waals surface area (Å²) in [5, 5.41) is 6.51. The van der Waals surface area contributed by atoms with Crippen LogP contribution in [0.15, 0.2) is 70.8 Å². The summed E-state index contributed by atoms with van der Waals surface area (Å²) in [6, 6.07) is 10.7. The molecule has 0 spiro atoms. The molecular formula is C21H20N4O3. The molecule has 1 aliphatic heterocycles. The van der Waals surface area contributed by atoms with Crippen LogP contribution in [0, 0.1) is 0 Å². The van der Waals surface area contributed by atoms with Crippen LogP contribution in [-0.2, 0) is 11.3 Å². The number of carbonyl (C=O) groups is 2. The Bertz CT molecular complexity index is 1070. The number of aromatic nitrogens is 1. The molecule has 4 rings (SSSR count). The Hall–Kier alpha value is -3.61. The molecule has 0 bridgehead atoms. The maximum atomic E-state index is 13.2. The van der Waals surface area contributed by atoms with Crippen molar-refractivity contribution in [1.29, 1.82) is 0 Å². The lowest BCUT2D eigenvalue weighted by Gasteiger charge is -2.30. The molecule has 0 aliphatic carbocycles. The van der Waals surface area contributed by atoms with Gasteiger partial charge in [0.15, 0.2) is 0 Å². The largest absolute Gasteiger partial charge is 0.472 e. The number of furan rings is 1. The monoisotopic (exact) mass is 376 g/mol. The molecule has 0 saturated carbocycles. The third-order valence-electron chi connectivity index (χ3n) is 4.81. The van der Waals surface area contributed by atoms with Gasteiger partial charge in [0.25, 0.3) is 5.91 Å². The first kappa shape index (κ1) is 17.8. The zero-order chi connectivity index (χ0) is 19.7. The number of fused-ring (bicyclic) bond motifs is 1. The van der Waals surface area contributed by atoms with Gasteiger partial charge in [-0.2, -0.15) is 0 Å². The highest BCUT2D eigenvalue weighted by Crippen LogP contribution is 2.28. The molecular weight excluding hydrogens is 356 g/mol. The molecule has 28 heavy (non-hydrogen) atoms. The molecule has 1 aromatic carbocycles. The summed E-state index contributed by atoms with van der Waals surface area (Å²) in [4.78, 5) is 31.1. The Kier molecular flexibility index (Phi) is 4.57. The number of likely N-dealkylation sites (N-methyl/N-ethyl adjacent to an activating group) is 1. The molecule has 1 atom stereocenters. The third kappa shape index (κ3) is 3.34. The summed E-state index contributed by atoms with van der Waals surface area (Å²) in [5.74, 6) is -0.164. The number of allylic oxidation sites excluding steroid dienone is 1. The standard InChI is InChI=1S/C21H20N4O3/c1-13-18(19(24-21(27)23-13)16-7-9-28-12-16)20(26)25(2)11-14-5-6-17-15(10-14)4-3-8-22-17/h3-10,12,19H,11H2,1-2H3,(H2,23,24,27)/t19-/m0/s1. The fourth-order valence-electron chi connectivity index (χ4n) is 3.44. The summed E-state index contributed by atoms with van der Waals surface area (Å²) in [5.41, 5.74) is 3.67. The number of pyridine rings is 1. The van der Waals surface area contributed by atoms with Gasteiger partial charge in [-0.1, -0.05) is 12.1 Å². The lowest BCUT2D eigenvalue weighted by Crippen LogP contribution is -2.47. The second-order valence-electron chi connectivity index (χ2n) is 6.82. The molecule has 0 fully saturated rings. The topological polar surface area (TPSA) is 87.5 Å². The zero-order valence-corrected chi connectivity index (χ0v) is 15.6. The van der Waals surface area contributed by atoms with Crippen LogP contribution >= 0.6 is 0 Å². The molecule has 142 valence electrons. The highest BCUT2D eigenvalue weighted by atomic mass is 16.3. The van der Waals surface area contributed by atoms with Crippen molar-refractivity contribution in [3.05, 3.63) is 77.5 Å². The summed E-state index contributed by atoms with van der Waals surface area (Å²) in [6.45, 7) is 2.17. The quantitative estimate of drug-likeness (QED) is 0.732. The first-order chi connectivity index (χ1) is 13.5. The number of nitrogens with zero attached hydrogens (tertiary/aromatic N) is 2. The third-order valence-corrected chi connectivity index (χ3v) is 4.81. The second kappa shape index (κ2) is 7.19. The molecule has 7 nitrogen and oxygen atoms in total. The maximum Gasteiger partial charge on any atom is 0.319 e. The Morgan fingerprint density at radius 2 is 2.14 bits per heavy atom. The normalized spacial score (nSPS) is 16.6. The number of rotatable bonds is 4. The molecule has 3 aromatic rings. The van der Waals surface area contributed by atoms with E-state index in [0.29, 0.717) is 17.8 Å². The van der Waals surface area contributed by atoms with Crippen molar-refractivity contribution in [2.24, 2.45) is 0 Å². The SMILES string of the molecule is CC1=C(C(=O)N(C)Cc2ccc3ncccc3c2)[C@H](c2ccoc2)NC(=O)N1. The lowest BCUT2D eigenvalue weighted by atomic mass is 9.96. The summed E-state index contributed by atoms with van der Waals surface area (Å²) < 4.78 is 5.14. The van der Waals surface area contributed by atoms with Crippen molar-refractivity contribution in [2.75, 3.05) is 7.05 Å². The van der Waals surface area contributed by atoms with Crippen molar-refractivity contribution < 1.29 is 14.0 Å². The van der Waals surface area contributed by atoms with Crippen LogP contribution < -0.4 is 10.6 Å². The minimum atomic E-state index is -0.553. The molecule has 2 N–H and O–H groups in total. The Labute approximate surface area is 162 Å². The van der Waals surface area contributed by atoms with Crippen LogP contribution in [0.4, 0.5) is 4.79 Å². The number of carbonyl (C=O) groups excluding carboxylic acids is 2. The summed E-state index contributed by atoms with van der Waals surface area (Å²) in [6.07, 6.45) is 4.81. The molecule has 0 saturated heterocycles. The molecule has 0 unspecified atom stereocenters. The van der Waals surface area contributed by atoms with E-state index in [1.807, 2.05) is 30.3 Å². The number of amides is 3. The van der Waals surface area contributed by atoms with Gasteiger partial charge in [0.1, 0.15) is 0 Å². The number of nitrogens with one attached hydrogen (secondary N) is 2. The van der Waals surface area contributed by atoms with Crippen molar-refractivity contribution in [3.63, 3.8) is 0 Å². The smallest absolute Gasteiger partial charge is 0.319 e. The van der Waals surface area contributed by atoms with Crippen molar-refractivity contribution in [1.82, 2.24) is 20.5 Å². The van der Waals surface area contributed by atoms with Gasteiger partial charge in [-0.3, -0.25) is 9.78 Å². The van der Waals surface area contributed by atoms with Gasteiger partial charge in [0, 0.05) is 36.4 Å². The Balaban J connectivity index is 1.60. The fraction of sp³-hybridized carbons (Fsp3) is 0.190. The van der Waals surface area contributed by atoms with E-state index in [4.69, 9.17) is 4.42 Å². The van der Waals surface area contributed by atoms with Crippen LogP contribution in [-0.4, -0.2) is 28.9 Å². The van der Waals surface area contributed by atoms with Crippen LogP contribution in [0.5, 0.6) is 0 Å². The number of urea groups is 1. The van der Waals surface area contributed by atoms with Gasteiger partial charge in [-0.15, -0.1) is 0 Å². The summed E-state index contributed by atoms with van der Waals surface area (Å²) in [7, 11) is 1.75. The predicted molar refractivity (Wildman–Crippen MR) is 104 cm³/mol. The van der Waals surface area contributed by atoms with Crippen molar-refractivity contribution in [2.45, 2.75) is 19.5 Å². The van der Waals surface area contributed by atoms with E-state index in [1.54, 1.807) is 31.1 Å². The summed E-state index contributed by atoms with van der Waals surface area (Å²) >= 11 is 0. The zero-order valence-electron chi connectivity index (χ0n) is 15.6. The van der Waals surface area contributed by atoms with Gasteiger partial charge in [0.2, 0.25) is 0 Å². The first-order valence-corrected chi connectivity index (χ1v) is 8.92. The van der Waals surface area contributed by atoms with E-state index in [2.05, 4.69) is 15.6 Å². The van der Waals surface area contributed by atoms with Crippen LogP contribution in [0.2, 0.25) is 0 Å². The lowest BCUT2D eigenvalue weighted by molar-refractivity contribution is -0.126. The molecule has 0 radical (unpaired) electrons. The van der Waals surface area contributed by atoms with E-state index in [9.17, 15) is 9.59 Å². The van der Waals surface area contributed by atoms with Gasteiger partial charge < -0.3 is 20.0 Å². The van der Waals surface area contributed by atoms with E-state index >= 15 is 0 Å².